The molecule has 1 N–H and O–H groups in total. The summed E-state index contributed by atoms with van der Waals surface area (Å²) in [6, 6.07) is 1.52. The highest BCUT2D eigenvalue weighted by Gasteiger charge is 2.27. The Morgan fingerprint density at radius 2 is 1.78 bits per heavy atom. The van der Waals surface area contributed by atoms with Crippen LogP contribution >= 0.6 is 11.3 Å². The summed E-state index contributed by atoms with van der Waals surface area (Å²) < 4.78 is 14.5. The van der Waals surface area contributed by atoms with Gasteiger partial charge in [-0.1, -0.05) is 0 Å². The molecular formula is C15H15NO6S. The quantitative estimate of drug-likeness (QED) is 0.862. The Kier molecular flexibility index (Phi) is 4.85. The topological polar surface area (TPSA) is 94.8 Å². The second kappa shape index (κ2) is 6.66. The Balaban J connectivity index is 2.44. The van der Waals surface area contributed by atoms with Crippen LogP contribution in [0.1, 0.15) is 41.7 Å². The molecule has 2 aromatic heterocycles. The number of rotatable bonds is 4. The summed E-state index contributed by atoms with van der Waals surface area (Å²) in [5, 5.41) is 2.84. The summed E-state index contributed by atoms with van der Waals surface area (Å²) >= 11 is 0.956. The van der Waals surface area contributed by atoms with Crippen LogP contribution in [0.3, 0.4) is 0 Å². The molecule has 0 aliphatic heterocycles. The van der Waals surface area contributed by atoms with Crippen LogP contribution in [-0.2, 0) is 9.47 Å². The van der Waals surface area contributed by atoms with Gasteiger partial charge in [-0.2, -0.15) is 0 Å². The summed E-state index contributed by atoms with van der Waals surface area (Å²) in [7, 11) is 2.47. The third-order valence-corrected chi connectivity index (χ3v) is 4.42. The van der Waals surface area contributed by atoms with E-state index >= 15 is 0 Å². The predicted molar refractivity (Wildman–Crippen MR) is 83.1 cm³/mol. The Labute approximate surface area is 136 Å². The second-order valence-corrected chi connectivity index (χ2v) is 5.61. The van der Waals surface area contributed by atoms with Crippen molar-refractivity contribution in [1.29, 1.82) is 0 Å². The van der Waals surface area contributed by atoms with Gasteiger partial charge in [0.2, 0.25) is 0 Å². The first kappa shape index (κ1) is 16.8. The number of furan rings is 1. The number of nitrogens with one attached hydrogen (secondary N) is 1. The number of carbonyl (C=O) groups is 3. The lowest BCUT2D eigenvalue weighted by Gasteiger charge is -2.05. The number of hydrogen-bond donors (Lipinski definition) is 1. The number of anilines is 1. The van der Waals surface area contributed by atoms with Crippen LogP contribution in [0, 0.1) is 13.8 Å². The molecule has 0 aliphatic rings. The molecule has 0 aromatic carbocycles. The van der Waals surface area contributed by atoms with Gasteiger partial charge >= 0.3 is 11.9 Å². The summed E-state index contributed by atoms with van der Waals surface area (Å²) in [4.78, 5) is 36.3. The number of methoxy groups -OCH3 is 2. The van der Waals surface area contributed by atoms with E-state index in [1.807, 2.05) is 0 Å². The number of thiophene rings is 1. The minimum atomic E-state index is -0.645. The van der Waals surface area contributed by atoms with Gasteiger partial charge in [-0.15, -0.1) is 11.3 Å². The molecule has 0 spiro atoms. The Morgan fingerprint density at radius 3 is 2.30 bits per heavy atom. The molecule has 0 bridgehead atoms. The molecule has 0 saturated carbocycles. The van der Waals surface area contributed by atoms with E-state index in [-0.39, 0.29) is 15.4 Å². The van der Waals surface area contributed by atoms with E-state index in [9.17, 15) is 14.4 Å². The number of carbonyl (C=O) groups excluding carboxylic acids is 3. The highest BCUT2D eigenvalue weighted by molar-refractivity contribution is 7.18. The molecule has 0 aliphatic carbocycles. The van der Waals surface area contributed by atoms with Crippen LogP contribution in [0.4, 0.5) is 5.00 Å². The van der Waals surface area contributed by atoms with Crippen molar-refractivity contribution in [3.63, 3.8) is 0 Å². The number of aryl methyl sites for hydroxylation is 1. The standard InChI is InChI=1S/C15H15NO6S/c1-7-10(14(18)20-3)13(23-11(7)15(19)21-4)16-12(17)9-5-6-22-8(9)2/h5-6H,1-4H3,(H,16,17). The monoisotopic (exact) mass is 337 g/mol. The van der Waals surface area contributed by atoms with E-state index < -0.39 is 17.8 Å². The van der Waals surface area contributed by atoms with E-state index in [1.165, 1.54) is 26.5 Å². The fraction of sp³-hybridized carbons (Fsp3) is 0.267. The van der Waals surface area contributed by atoms with Crippen molar-refractivity contribution in [2.24, 2.45) is 0 Å². The van der Waals surface area contributed by atoms with Crippen molar-refractivity contribution < 1.29 is 28.3 Å². The van der Waals surface area contributed by atoms with Gasteiger partial charge in [-0.05, 0) is 25.5 Å². The maximum Gasteiger partial charge on any atom is 0.348 e. The zero-order valence-electron chi connectivity index (χ0n) is 13.0. The van der Waals surface area contributed by atoms with Crippen molar-refractivity contribution in [1.82, 2.24) is 0 Å². The summed E-state index contributed by atoms with van der Waals surface area (Å²) in [5.41, 5.74) is 0.867. The lowest BCUT2D eigenvalue weighted by atomic mass is 10.1. The van der Waals surface area contributed by atoms with Gasteiger partial charge in [-0.3, -0.25) is 4.79 Å². The van der Waals surface area contributed by atoms with Gasteiger partial charge in [-0.25, -0.2) is 9.59 Å². The highest BCUT2D eigenvalue weighted by Crippen LogP contribution is 2.34. The SMILES string of the molecule is COC(=O)c1sc(NC(=O)c2ccoc2C)c(C(=O)OC)c1C. The zero-order valence-corrected chi connectivity index (χ0v) is 13.8. The van der Waals surface area contributed by atoms with Gasteiger partial charge < -0.3 is 19.2 Å². The summed E-state index contributed by atoms with van der Waals surface area (Å²) in [6.45, 7) is 3.24. The Bertz CT molecular complexity index is 773. The van der Waals surface area contributed by atoms with E-state index in [1.54, 1.807) is 13.8 Å². The van der Waals surface area contributed by atoms with E-state index in [0.717, 1.165) is 11.3 Å². The molecule has 0 atom stereocenters. The average molecular weight is 337 g/mol. The first-order chi connectivity index (χ1) is 10.9. The maximum absolute atomic E-state index is 12.3. The maximum atomic E-state index is 12.3. The van der Waals surface area contributed by atoms with Crippen molar-refractivity contribution >= 4 is 34.2 Å². The second-order valence-electron chi connectivity index (χ2n) is 4.59. The molecule has 23 heavy (non-hydrogen) atoms. The number of hydrogen-bond acceptors (Lipinski definition) is 7. The largest absolute Gasteiger partial charge is 0.469 e. The van der Waals surface area contributed by atoms with E-state index in [4.69, 9.17) is 9.15 Å². The molecule has 1 amide bonds. The lowest BCUT2D eigenvalue weighted by Crippen LogP contribution is -2.14. The molecule has 2 aromatic rings. The van der Waals surface area contributed by atoms with E-state index in [2.05, 4.69) is 10.1 Å². The molecule has 7 nitrogen and oxygen atoms in total. The van der Waals surface area contributed by atoms with Gasteiger partial charge in [0.15, 0.2) is 0 Å². The molecule has 0 saturated heterocycles. The van der Waals surface area contributed by atoms with Gasteiger partial charge in [0.25, 0.3) is 5.91 Å². The third kappa shape index (κ3) is 3.11. The smallest absolute Gasteiger partial charge is 0.348 e. The van der Waals surface area contributed by atoms with Crippen LogP contribution in [0.25, 0.3) is 0 Å². The molecule has 122 valence electrons. The molecule has 0 radical (unpaired) electrons. The van der Waals surface area contributed by atoms with Crippen LogP contribution < -0.4 is 5.32 Å². The molecule has 2 heterocycles. The van der Waals surface area contributed by atoms with Crippen molar-refractivity contribution in [3.05, 3.63) is 39.7 Å². The number of amides is 1. The first-order valence-electron chi connectivity index (χ1n) is 6.56. The van der Waals surface area contributed by atoms with Crippen LogP contribution in [-0.4, -0.2) is 32.1 Å². The van der Waals surface area contributed by atoms with Crippen LogP contribution in [0.2, 0.25) is 0 Å². The van der Waals surface area contributed by atoms with Gasteiger partial charge in [0, 0.05) is 0 Å². The molecular weight excluding hydrogens is 322 g/mol. The Hall–Kier alpha value is -2.61. The molecule has 8 heteroatoms. The fourth-order valence-electron chi connectivity index (χ4n) is 2.03. The van der Waals surface area contributed by atoms with Crippen molar-refractivity contribution in [2.45, 2.75) is 13.8 Å². The minimum absolute atomic E-state index is 0.132. The minimum Gasteiger partial charge on any atom is -0.469 e. The lowest BCUT2D eigenvalue weighted by molar-refractivity contribution is 0.0601. The summed E-state index contributed by atoms with van der Waals surface area (Å²) in [5.74, 6) is -1.23. The van der Waals surface area contributed by atoms with Crippen molar-refractivity contribution in [2.75, 3.05) is 19.5 Å². The van der Waals surface area contributed by atoms with E-state index in [0.29, 0.717) is 16.9 Å². The molecule has 0 fully saturated rings. The van der Waals surface area contributed by atoms with Crippen LogP contribution in [0.5, 0.6) is 0 Å². The highest BCUT2D eigenvalue weighted by atomic mass is 32.1. The van der Waals surface area contributed by atoms with Crippen molar-refractivity contribution in [3.8, 4) is 0 Å². The van der Waals surface area contributed by atoms with Gasteiger partial charge in [0.1, 0.15) is 15.6 Å². The predicted octanol–water partition coefficient (Wildman–Crippen LogP) is 2.78. The average Bonchev–Trinajstić information content (AvgIpc) is 3.09. The summed E-state index contributed by atoms with van der Waals surface area (Å²) in [6.07, 6.45) is 1.39. The number of esters is 2. The number of ether oxygens (including phenoxy) is 2. The third-order valence-electron chi connectivity index (χ3n) is 3.24. The van der Waals surface area contributed by atoms with Crippen LogP contribution in [0.15, 0.2) is 16.7 Å². The fourth-order valence-corrected chi connectivity index (χ4v) is 3.14. The molecule has 0 unspecified atom stereocenters. The first-order valence-corrected chi connectivity index (χ1v) is 7.37. The zero-order chi connectivity index (χ0) is 17.1. The van der Waals surface area contributed by atoms with Gasteiger partial charge in [0.05, 0.1) is 31.6 Å². The Morgan fingerprint density at radius 1 is 1.13 bits per heavy atom. The molecule has 2 rings (SSSR count). The normalized spacial score (nSPS) is 10.3.